The Morgan fingerprint density at radius 2 is 1.50 bits per heavy atom. The predicted octanol–water partition coefficient (Wildman–Crippen LogP) is 1.87. The van der Waals surface area contributed by atoms with Gasteiger partial charge in [-0.15, -0.1) is 12.1 Å². The maximum absolute atomic E-state index is 3.72. The molecule has 0 nitrogen and oxygen atoms in total. The summed E-state index contributed by atoms with van der Waals surface area (Å²) in [5.41, 5.74) is 1.07. The van der Waals surface area contributed by atoms with Crippen LogP contribution in [0, 0.1) is 6.92 Å². The van der Waals surface area contributed by atoms with Crippen LogP contribution in [0.5, 0.6) is 0 Å². The van der Waals surface area contributed by atoms with E-state index in [-0.39, 0.29) is 25.8 Å². The second-order valence-electron chi connectivity index (χ2n) is 1.49. The zero-order valence-electron chi connectivity index (χ0n) is 4.67. The second kappa shape index (κ2) is 3.90. The molecular weight excluding hydrogens is 129 g/mol. The summed E-state index contributed by atoms with van der Waals surface area (Å²) in [6.45, 7) is 3.72. The van der Waals surface area contributed by atoms with E-state index >= 15 is 0 Å². The van der Waals surface area contributed by atoms with Gasteiger partial charge in [0.1, 0.15) is 0 Å². The molecule has 0 atom stereocenters. The van der Waals surface area contributed by atoms with Crippen molar-refractivity contribution in [2.45, 2.75) is 0 Å². The van der Waals surface area contributed by atoms with Gasteiger partial charge in [-0.1, -0.05) is 6.07 Å². The van der Waals surface area contributed by atoms with Crippen LogP contribution < -0.4 is 0 Å². The molecule has 1 radical (unpaired) electrons. The predicted molar refractivity (Wildman–Crippen MR) is 30.9 cm³/mol. The molecule has 0 fully saturated rings. The van der Waals surface area contributed by atoms with Gasteiger partial charge in [0.25, 0.3) is 0 Å². The normalized spacial score (nSPS) is 7.50. The van der Waals surface area contributed by atoms with Crippen molar-refractivity contribution in [3.05, 3.63) is 42.8 Å². The molecule has 8 heavy (non-hydrogen) atoms. The monoisotopic (exact) mass is 136 g/mol. The summed E-state index contributed by atoms with van der Waals surface area (Å²) in [6.07, 6.45) is 0. The van der Waals surface area contributed by atoms with Gasteiger partial charge >= 0.3 is 0 Å². The zero-order valence-corrected chi connectivity index (χ0v) is 6.47. The zero-order chi connectivity index (χ0) is 5.11. The summed E-state index contributed by atoms with van der Waals surface area (Å²) in [5, 5.41) is 0. The summed E-state index contributed by atoms with van der Waals surface area (Å²) in [7, 11) is 0. The Morgan fingerprint density at radius 3 is 1.75 bits per heavy atom. The third kappa shape index (κ3) is 2.31. The quantitative estimate of drug-likeness (QED) is 0.477. The number of hydrogen-bond acceptors (Lipinski definition) is 0. The molecule has 0 N–H and O–H groups in total. The average Bonchev–Trinajstić information content (AvgIpc) is 1.69. The molecule has 1 heteroatoms. The van der Waals surface area contributed by atoms with E-state index in [1.807, 2.05) is 30.3 Å². The van der Waals surface area contributed by atoms with Crippen molar-refractivity contribution in [1.29, 1.82) is 0 Å². The maximum atomic E-state index is 3.72. The molecule has 0 amide bonds. The Labute approximate surface area is 68.7 Å². The van der Waals surface area contributed by atoms with Crippen LogP contribution in [-0.4, -0.2) is 0 Å². The smallest absolute Gasteiger partial charge is 0 e. The molecule has 0 saturated heterocycles. The summed E-state index contributed by atoms with van der Waals surface area (Å²) < 4.78 is 0. The van der Waals surface area contributed by atoms with E-state index < -0.39 is 0 Å². The molecule has 0 saturated carbocycles. The average molecular weight is 136 g/mol. The summed E-state index contributed by atoms with van der Waals surface area (Å²) in [6, 6.07) is 9.87. The fourth-order valence-corrected chi connectivity index (χ4v) is 0.478. The topological polar surface area (TPSA) is 0 Å². The molecule has 0 aliphatic carbocycles. The van der Waals surface area contributed by atoms with Crippen molar-refractivity contribution >= 4 is 0 Å². The minimum atomic E-state index is 0. The first kappa shape index (κ1) is 7.96. The standard InChI is InChI=1S/C7H7.Sc/c1-7-5-3-2-4-6-7;/h2-6H,1H2;/q-1;. The molecule has 1 aromatic rings. The molecule has 0 heterocycles. The molecular formula is C7H7Sc-. The second-order valence-corrected chi connectivity index (χ2v) is 1.49. The fourth-order valence-electron chi connectivity index (χ4n) is 0.478. The van der Waals surface area contributed by atoms with Gasteiger partial charge in [0.2, 0.25) is 0 Å². The van der Waals surface area contributed by atoms with Crippen LogP contribution in [0.3, 0.4) is 0 Å². The fraction of sp³-hybridized carbons (Fsp3) is 0. The Morgan fingerprint density at radius 1 is 1.00 bits per heavy atom. The van der Waals surface area contributed by atoms with Gasteiger partial charge in [-0.2, -0.15) is 24.6 Å². The molecule has 1 rings (SSSR count). The first-order valence-corrected chi connectivity index (χ1v) is 2.26. The van der Waals surface area contributed by atoms with Crippen LogP contribution in [0.25, 0.3) is 0 Å². The van der Waals surface area contributed by atoms with Crippen molar-refractivity contribution in [2.75, 3.05) is 0 Å². The maximum Gasteiger partial charge on any atom is 0 e. The Kier molecular flexibility index (Phi) is 3.88. The van der Waals surface area contributed by atoms with Gasteiger partial charge in [0, 0.05) is 25.8 Å². The van der Waals surface area contributed by atoms with Gasteiger partial charge in [-0.05, 0) is 0 Å². The van der Waals surface area contributed by atoms with E-state index in [2.05, 4.69) is 6.92 Å². The first-order chi connectivity index (χ1) is 3.39. The van der Waals surface area contributed by atoms with Crippen molar-refractivity contribution in [3.8, 4) is 0 Å². The SMILES string of the molecule is [CH2-]c1ccccc1.[Sc]. The molecule has 0 unspecified atom stereocenters. The molecule has 0 spiro atoms. The summed E-state index contributed by atoms with van der Waals surface area (Å²) >= 11 is 0. The van der Waals surface area contributed by atoms with Gasteiger partial charge < -0.3 is 0 Å². The summed E-state index contributed by atoms with van der Waals surface area (Å²) in [4.78, 5) is 0. The molecule has 1 aromatic carbocycles. The van der Waals surface area contributed by atoms with Gasteiger partial charge in [-0.3, -0.25) is 0 Å². The Bertz CT molecular complexity index is 134. The van der Waals surface area contributed by atoms with Crippen molar-refractivity contribution in [1.82, 2.24) is 0 Å². The van der Waals surface area contributed by atoms with Gasteiger partial charge in [0.15, 0.2) is 0 Å². The van der Waals surface area contributed by atoms with Crippen LogP contribution in [0.1, 0.15) is 5.56 Å². The minimum absolute atomic E-state index is 0. The number of hydrogen-bond donors (Lipinski definition) is 0. The number of benzene rings is 1. The van der Waals surface area contributed by atoms with Crippen LogP contribution in [0.15, 0.2) is 30.3 Å². The Balaban J connectivity index is 0.000000490. The minimum Gasteiger partial charge on any atom is -0.199 e. The van der Waals surface area contributed by atoms with Crippen LogP contribution >= 0.6 is 0 Å². The van der Waals surface area contributed by atoms with E-state index in [1.54, 1.807) is 0 Å². The van der Waals surface area contributed by atoms with E-state index in [0.717, 1.165) is 5.56 Å². The van der Waals surface area contributed by atoms with Crippen LogP contribution in [0.2, 0.25) is 0 Å². The van der Waals surface area contributed by atoms with Crippen molar-refractivity contribution < 1.29 is 25.8 Å². The molecule has 0 aliphatic rings. The molecule has 0 aliphatic heterocycles. The van der Waals surface area contributed by atoms with Crippen molar-refractivity contribution in [2.24, 2.45) is 0 Å². The van der Waals surface area contributed by atoms with E-state index in [0.29, 0.717) is 0 Å². The third-order valence-corrected chi connectivity index (χ3v) is 0.843. The van der Waals surface area contributed by atoms with E-state index in [4.69, 9.17) is 0 Å². The van der Waals surface area contributed by atoms with Gasteiger partial charge in [-0.25, -0.2) is 0 Å². The largest absolute Gasteiger partial charge is 0.199 e. The molecule has 0 aromatic heterocycles. The van der Waals surface area contributed by atoms with Crippen molar-refractivity contribution in [3.63, 3.8) is 0 Å². The van der Waals surface area contributed by atoms with E-state index in [1.165, 1.54) is 0 Å². The molecule has 39 valence electrons. The molecule has 0 bridgehead atoms. The third-order valence-electron chi connectivity index (χ3n) is 0.843. The van der Waals surface area contributed by atoms with E-state index in [9.17, 15) is 0 Å². The number of rotatable bonds is 0. The first-order valence-electron chi connectivity index (χ1n) is 2.26. The Hall–Kier alpha value is -0.0399. The van der Waals surface area contributed by atoms with Gasteiger partial charge in [0.05, 0.1) is 0 Å². The summed E-state index contributed by atoms with van der Waals surface area (Å²) in [5.74, 6) is 0. The van der Waals surface area contributed by atoms with Crippen LogP contribution in [-0.2, 0) is 25.8 Å². The van der Waals surface area contributed by atoms with Crippen LogP contribution in [0.4, 0.5) is 0 Å².